The minimum Gasteiger partial charge on any atom is -0.467 e. The second-order valence-electron chi connectivity index (χ2n) is 7.14. The van der Waals surface area contributed by atoms with Crippen molar-refractivity contribution in [1.82, 2.24) is 19.4 Å². The number of hydrogen-bond donors (Lipinski definition) is 1. The Morgan fingerprint density at radius 2 is 2.14 bits per heavy atom. The van der Waals surface area contributed by atoms with E-state index in [0.29, 0.717) is 26.7 Å². The summed E-state index contributed by atoms with van der Waals surface area (Å²) in [7, 11) is 0. The van der Waals surface area contributed by atoms with Crippen LogP contribution in [0, 0.1) is 10.9 Å². The molecule has 148 valence electrons. The van der Waals surface area contributed by atoms with Crippen molar-refractivity contribution in [3.63, 3.8) is 0 Å². The van der Waals surface area contributed by atoms with Gasteiger partial charge in [-0.2, -0.15) is 0 Å². The van der Waals surface area contributed by atoms with E-state index in [9.17, 15) is 9.59 Å². The zero-order valence-corrected chi connectivity index (χ0v) is 17.3. The molecular weight excluding hydrogens is 396 g/mol. The molecule has 4 rings (SSSR count). The molecule has 28 heavy (non-hydrogen) atoms. The van der Waals surface area contributed by atoms with Gasteiger partial charge in [-0.25, -0.2) is 4.98 Å². The first-order chi connectivity index (χ1) is 13.5. The van der Waals surface area contributed by atoms with Gasteiger partial charge in [-0.15, -0.1) is 0 Å². The van der Waals surface area contributed by atoms with Gasteiger partial charge in [-0.1, -0.05) is 30.6 Å². The van der Waals surface area contributed by atoms with Crippen molar-refractivity contribution in [2.45, 2.75) is 58.2 Å². The first kappa shape index (κ1) is 19.1. The molecule has 7 nitrogen and oxygen atoms in total. The summed E-state index contributed by atoms with van der Waals surface area (Å²) in [5.41, 5.74) is 0.313. The number of nitrogens with one attached hydrogen (secondary N) is 1. The topological polar surface area (TPSA) is 82.1 Å². The van der Waals surface area contributed by atoms with Crippen molar-refractivity contribution >= 4 is 39.8 Å². The number of carbonyl (C=O) groups is 1. The highest BCUT2D eigenvalue weighted by atomic mass is 32.1. The summed E-state index contributed by atoms with van der Waals surface area (Å²) in [6.45, 7) is 2.14. The van der Waals surface area contributed by atoms with Crippen molar-refractivity contribution < 1.29 is 9.21 Å². The Balaban J connectivity index is 1.62. The normalized spacial score (nSPS) is 15.2. The summed E-state index contributed by atoms with van der Waals surface area (Å²) < 4.78 is 9.65. The van der Waals surface area contributed by atoms with Crippen LogP contribution in [0.1, 0.15) is 43.7 Å². The van der Waals surface area contributed by atoms with Gasteiger partial charge >= 0.3 is 0 Å². The van der Waals surface area contributed by atoms with Gasteiger partial charge in [0.25, 0.3) is 5.56 Å². The Hall–Kier alpha value is -2.26. The summed E-state index contributed by atoms with van der Waals surface area (Å²) in [6.07, 6.45) is 7.13. The Bertz CT molecular complexity index is 1100. The predicted molar refractivity (Wildman–Crippen MR) is 110 cm³/mol. The molecule has 0 atom stereocenters. The third-order valence-corrected chi connectivity index (χ3v) is 6.56. The summed E-state index contributed by atoms with van der Waals surface area (Å²) in [5, 5.41) is 3.05. The largest absolute Gasteiger partial charge is 0.467 e. The number of aryl methyl sites for hydroxylation is 1. The molecule has 1 amide bonds. The zero-order valence-electron chi connectivity index (χ0n) is 15.6. The van der Waals surface area contributed by atoms with Gasteiger partial charge in [0.15, 0.2) is 9.60 Å². The van der Waals surface area contributed by atoms with Crippen LogP contribution < -0.4 is 10.9 Å². The average Bonchev–Trinajstić information content (AvgIpc) is 3.29. The van der Waals surface area contributed by atoms with Crippen molar-refractivity contribution in [1.29, 1.82) is 0 Å². The monoisotopic (exact) mass is 418 g/mol. The van der Waals surface area contributed by atoms with Gasteiger partial charge < -0.3 is 9.73 Å². The van der Waals surface area contributed by atoms with Gasteiger partial charge in [0.2, 0.25) is 5.91 Å². The maximum atomic E-state index is 13.0. The lowest BCUT2D eigenvalue weighted by molar-refractivity contribution is -0.122. The molecule has 0 aromatic carbocycles. The van der Waals surface area contributed by atoms with E-state index in [1.165, 1.54) is 22.3 Å². The van der Waals surface area contributed by atoms with Crippen molar-refractivity contribution in [3.05, 3.63) is 44.3 Å². The Morgan fingerprint density at radius 3 is 2.86 bits per heavy atom. The number of aromatic nitrogens is 3. The smallest absolute Gasteiger partial charge is 0.273 e. The third kappa shape index (κ3) is 3.81. The third-order valence-electron chi connectivity index (χ3n) is 5.13. The first-order valence-corrected chi connectivity index (χ1v) is 10.7. The molecule has 3 heterocycles. The molecule has 3 aromatic heterocycles. The number of amides is 1. The number of fused-ring (bicyclic) bond motifs is 1. The van der Waals surface area contributed by atoms with E-state index in [-0.39, 0.29) is 24.1 Å². The van der Waals surface area contributed by atoms with E-state index >= 15 is 0 Å². The molecule has 1 N–H and O–H groups in total. The van der Waals surface area contributed by atoms with Crippen molar-refractivity contribution in [2.24, 2.45) is 0 Å². The highest BCUT2D eigenvalue weighted by Gasteiger charge is 2.19. The summed E-state index contributed by atoms with van der Waals surface area (Å²) in [5.74, 6) is 1.10. The van der Waals surface area contributed by atoms with Crippen LogP contribution in [0.4, 0.5) is 0 Å². The van der Waals surface area contributed by atoms with E-state index in [1.54, 1.807) is 17.8 Å². The van der Waals surface area contributed by atoms with Gasteiger partial charge in [0.05, 0.1) is 12.8 Å². The number of furan rings is 1. The van der Waals surface area contributed by atoms with Crippen molar-refractivity contribution in [2.75, 3.05) is 0 Å². The number of carbonyl (C=O) groups excluding carboxylic acids is 1. The van der Waals surface area contributed by atoms with Crippen LogP contribution in [0.5, 0.6) is 0 Å². The molecule has 1 saturated carbocycles. The van der Waals surface area contributed by atoms with Gasteiger partial charge in [-0.05, 0) is 44.1 Å². The van der Waals surface area contributed by atoms with Crippen LogP contribution in [-0.4, -0.2) is 26.1 Å². The molecule has 1 fully saturated rings. The highest BCUT2D eigenvalue weighted by Crippen LogP contribution is 2.21. The fourth-order valence-electron chi connectivity index (χ4n) is 3.68. The molecular formula is C19H22N4O3S2. The van der Waals surface area contributed by atoms with Gasteiger partial charge in [0.1, 0.15) is 22.8 Å². The van der Waals surface area contributed by atoms with E-state index in [4.69, 9.17) is 16.6 Å². The van der Waals surface area contributed by atoms with Crippen LogP contribution >= 0.6 is 23.6 Å². The minimum absolute atomic E-state index is 0.0209. The number of rotatable bonds is 5. The van der Waals surface area contributed by atoms with Crippen LogP contribution in [0.25, 0.3) is 10.3 Å². The maximum Gasteiger partial charge on any atom is 0.273 e. The molecule has 1 aliphatic rings. The lowest BCUT2D eigenvalue weighted by Gasteiger charge is -2.23. The SMILES string of the molecule is Cc1nc2c(sc(=S)n2Cc2ccco2)c(=O)n1CC(=O)NC1CCCCC1. The number of thiazole rings is 1. The summed E-state index contributed by atoms with van der Waals surface area (Å²) >= 11 is 6.66. The summed E-state index contributed by atoms with van der Waals surface area (Å²) in [6, 6.07) is 3.88. The molecule has 0 unspecified atom stereocenters. The van der Waals surface area contributed by atoms with Crippen LogP contribution in [0.15, 0.2) is 27.6 Å². The molecule has 1 aliphatic carbocycles. The minimum atomic E-state index is -0.226. The Kier molecular flexibility index (Phi) is 5.45. The van der Waals surface area contributed by atoms with E-state index < -0.39 is 0 Å². The second-order valence-corrected chi connectivity index (χ2v) is 8.78. The maximum absolute atomic E-state index is 13.0. The molecule has 0 spiro atoms. The Morgan fingerprint density at radius 1 is 1.36 bits per heavy atom. The molecule has 3 aromatic rings. The van der Waals surface area contributed by atoms with Crippen LogP contribution in [0.3, 0.4) is 0 Å². The summed E-state index contributed by atoms with van der Waals surface area (Å²) in [4.78, 5) is 30.1. The number of hydrogen-bond acceptors (Lipinski definition) is 6. The predicted octanol–water partition coefficient (Wildman–Crippen LogP) is 3.39. The fourth-order valence-corrected chi connectivity index (χ4v) is 4.96. The van der Waals surface area contributed by atoms with Crippen LogP contribution in [-0.2, 0) is 17.9 Å². The van der Waals surface area contributed by atoms with E-state index in [0.717, 1.165) is 31.4 Å². The highest BCUT2D eigenvalue weighted by molar-refractivity contribution is 7.73. The van der Waals surface area contributed by atoms with E-state index in [2.05, 4.69) is 10.3 Å². The standard InChI is InChI=1S/C19H22N4O3S2/c1-12-20-17-16(28-19(27)23(17)10-14-8-5-9-26-14)18(25)22(12)11-15(24)21-13-6-3-2-4-7-13/h5,8-9,13H,2-4,6-7,10-11H2,1H3,(H,21,24). The van der Waals surface area contributed by atoms with Crippen molar-refractivity contribution in [3.8, 4) is 0 Å². The lowest BCUT2D eigenvalue weighted by atomic mass is 9.95. The average molecular weight is 419 g/mol. The molecule has 9 heteroatoms. The molecule has 0 saturated heterocycles. The molecule has 0 aliphatic heterocycles. The quantitative estimate of drug-likeness (QED) is 0.642. The van der Waals surface area contributed by atoms with Crippen LogP contribution in [0.2, 0.25) is 0 Å². The second kappa shape index (κ2) is 8.00. The first-order valence-electron chi connectivity index (χ1n) is 9.45. The Labute approximate surface area is 171 Å². The molecule has 0 bridgehead atoms. The fraction of sp³-hybridized carbons (Fsp3) is 0.474. The molecule has 0 radical (unpaired) electrons. The van der Waals surface area contributed by atoms with Gasteiger partial charge in [-0.3, -0.25) is 18.7 Å². The number of nitrogens with zero attached hydrogens (tertiary/aromatic N) is 3. The van der Waals surface area contributed by atoms with Gasteiger partial charge in [0, 0.05) is 6.04 Å². The lowest BCUT2D eigenvalue weighted by Crippen LogP contribution is -2.40. The van der Waals surface area contributed by atoms with E-state index in [1.807, 2.05) is 12.1 Å². The zero-order chi connectivity index (χ0) is 19.7.